The zero-order chi connectivity index (χ0) is 22.3. The summed E-state index contributed by atoms with van der Waals surface area (Å²) in [6.45, 7) is 2.86. The van der Waals surface area contributed by atoms with Crippen LogP contribution in [0.15, 0.2) is 36.4 Å². The molecule has 0 fully saturated rings. The van der Waals surface area contributed by atoms with E-state index in [1.807, 2.05) is 0 Å². The first-order valence-corrected chi connectivity index (χ1v) is 8.98. The predicted molar refractivity (Wildman–Crippen MR) is 110 cm³/mol. The van der Waals surface area contributed by atoms with Crippen molar-refractivity contribution in [3.8, 4) is 17.2 Å². The van der Waals surface area contributed by atoms with Crippen LogP contribution < -0.4 is 24.8 Å². The number of rotatable bonds is 8. The summed E-state index contributed by atoms with van der Waals surface area (Å²) in [5, 5.41) is 5.27. The fourth-order valence-corrected chi connectivity index (χ4v) is 2.57. The first-order chi connectivity index (χ1) is 14.3. The highest BCUT2D eigenvalue weighted by molar-refractivity contribution is 5.98. The summed E-state index contributed by atoms with van der Waals surface area (Å²) in [6.07, 6.45) is -1.06. The molecule has 0 aliphatic heterocycles. The minimum absolute atomic E-state index is 0.142. The molecule has 2 aromatic rings. The standard InChI is InChI=1S/C21H24N2O7/c1-12(20(25)23-16-8-6-15(7-9-16)22-13(2)24)30-21(26)14-10-17(27-3)19(29-5)18(11-14)28-4/h6-12H,1-5H3,(H,22,24)(H,23,25)/t12-/m1/s1. The van der Waals surface area contributed by atoms with Gasteiger partial charge in [0.25, 0.3) is 5.91 Å². The van der Waals surface area contributed by atoms with Gasteiger partial charge in [0.2, 0.25) is 11.7 Å². The zero-order valence-electron chi connectivity index (χ0n) is 17.4. The highest BCUT2D eigenvalue weighted by Gasteiger charge is 2.22. The van der Waals surface area contributed by atoms with E-state index in [1.54, 1.807) is 24.3 Å². The number of carbonyl (C=O) groups excluding carboxylic acids is 3. The van der Waals surface area contributed by atoms with Gasteiger partial charge in [-0.2, -0.15) is 0 Å². The monoisotopic (exact) mass is 416 g/mol. The summed E-state index contributed by atoms with van der Waals surface area (Å²) in [6, 6.07) is 9.41. The Labute approximate surface area is 174 Å². The average Bonchev–Trinajstić information content (AvgIpc) is 2.73. The van der Waals surface area contributed by atoms with Gasteiger partial charge in [-0.25, -0.2) is 4.79 Å². The van der Waals surface area contributed by atoms with Crippen LogP contribution in [0.4, 0.5) is 11.4 Å². The van der Waals surface area contributed by atoms with Gasteiger partial charge in [0.15, 0.2) is 17.6 Å². The lowest BCUT2D eigenvalue weighted by Crippen LogP contribution is -2.30. The molecule has 9 heteroatoms. The molecule has 0 saturated heterocycles. The van der Waals surface area contributed by atoms with Gasteiger partial charge in [0.1, 0.15) is 0 Å². The van der Waals surface area contributed by atoms with Gasteiger partial charge in [0.05, 0.1) is 26.9 Å². The largest absolute Gasteiger partial charge is 0.493 e. The van der Waals surface area contributed by atoms with E-state index < -0.39 is 18.0 Å². The van der Waals surface area contributed by atoms with Crippen LogP contribution in [0.2, 0.25) is 0 Å². The molecule has 2 N–H and O–H groups in total. The Balaban J connectivity index is 2.06. The van der Waals surface area contributed by atoms with Crippen LogP contribution in [0.25, 0.3) is 0 Å². The number of nitrogens with one attached hydrogen (secondary N) is 2. The van der Waals surface area contributed by atoms with Gasteiger partial charge < -0.3 is 29.6 Å². The predicted octanol–water partition coefficient (Wildman–Crippen LogP) is 2.85. The molecule has 0 heterocycles. The van der Waals surface area contributed by atoms with Crippen molar-refractivity contribution in [1.29, 1.82) is 0 Å². The highest BCUT2D eigenvalue weighted by Crippen LogP contribution is 2.38. The number of ether oxygens (including phenoxy) is 4. The normalized spacial score (nSPS) is 11.1. The molecule has 0 spiro atoms. The van der Waals surface area contributed by atoms with Crippen molar-refractivity contribution in [1.82, 2.24) is 0 Å². The van der Waals surface area contributed by atoms with Crippen molar-refractivity contribution in [3.05, 3.63) is 42.0 Å². The van der Waals surface area contributed by atoms with Gasteiger partial charge in [0, 0.05) is 18.3 Å². The number of amides is 2. The molecule has 2 amide bonds. The molecule has 1 atom stereocenters. The number of carbonyl (C=O) groups is 3. The van der Waals surface area contributed by atoms with Crippen molar-refractivity contribution >= 4 is 29.2 Å². The maximum Gasteiger partial charge on any atom is 0.339 e. The zero-order valence-corrected chi connectivity index (χ0v) is 17.4. The van der Waals surface area contributed by atoms with Gasteiger partial charge in [-0.05, 0) is 43.3 Å². The summed E-state index contributed by atoms with van der Waals surface area (Å²) in [7, 11) is 4.31. The molecular weight excluding hydrogens is 392 g/mol. The Kier molecular flexibility index (Phi) is 7.62. The first kappa shape index (κ1) is 22.5. The van der Waals surface area contributed by atoms with Gasteiger partial charge in [-0.3, -0.25) is 9.59 Å². The van der Waals surface area contributed by atoms with Gasteiger partial charge in [-0.1, -0.05) is 0 Å². The Morgan fingerprint density at radius 1 is 0.833 bits per heavy atom. The molecule has 0 aliphatic rings. The quantitative estimate of drug-likeness (QED) is 0.636. The second-order valence-corrected chi connectivity index (χ2v) is 6.21. The van der Waals surface area contributed by atoms with Crippen LogP contribution in [0, 0.1) is 0 Å². The van der Waals surface area contributed by atoms with Crippen LogP contribution in [0.1, 0.15) is 24.2 Å². The summed E-state index contributed by atoms with van der Waals surface area (Å²) < 4.78 is 20.9. The molecule has 0 unspecified atom stereocenters. The van der Waals surface area contributed by atoms with E-state index in [2.05, 4.69) is 10.6 Å². The smallest absolute Gasteiger partial charge is 0.339 e. The maximum absolute atomic E-state index is 12.5. The number of benzene rings is 2. The molecule has 0 aromatic heterocycles. The molecule has 0 bridgehead atoms. The van der Waals surface area contributed by atoms with E-state index in [1.165, 1.54) is 47.3 Å². The molecule has 0 aliphatic carbocycles. The van der Waals surface area contributed by atoms with Crippen LogP contribution in [-0.4, -0.2) is 45.2 Å². The number of hydrogen-bond donors (Lipinski definition) is 2. The minimum Gasteiger partial charge on any atom is -0.493 e. The van der Waals surface area contributed by atoms with E-state index in [4.69, 9.17) is 18.9 Å². The summed E-state index contributed by atoms with van der Waals surface area (Å²) in [5.41, 5.74) is 1.23. The Morgan fingerprint density at radius 3 is 1.77 bits per heavy atom. The number of anilines is 2. The van der Waals surface area contributed by atoms with Crippen LogP contribution >= 0.6 is 0 Å². The van der Waals surface area contributed by atoms with E-state index in [0.29, 0.717) is 28.6 Å². The summed E-state index contributed by atoms with van der Waals surface area (Å²) in [5.74, 6) is -0.509. The van der Waals surface area contributed by atoms with Crippen LogP contribution in [0.3, 0.4) is 0 Å². The Hall–Kier alpha value is -3.75. The van der Waals surface area contributed by atoms with Gasteiger partial charge in [-0.15, -0.1) is 0 Å². The fraction of sp³-hybridized carbons (Fsp3) is 0.286. The molecule has 160 valence electrons. The molecular formula is C21H24N2O7. The fourth-order valence-electron chi connectivity index (χ4n) is 2.57. The van der Waals surface area contributed by atoms with Crippen molar-refractivity contribution in [2.45, 2.75) is 20.0 Å². The maximum atomic E-state index is 12.5. The average molecular weight is 416 g/mol. The topological polar surface area (TPSA) is 112 Å². The van der Waals surface area contributed by atoms with Gasteiger partial charge >= 0.3 is 5.97 Å². The third-order valence-electron chi connectivity index (χ3n) is 4.03. The highest BCUT2D eigenvalue weighted by atomic mass is 16.5. The van der Waals surface area contributed by atoms with Crippen molar-refractivity contribution in [3.63, 3.8) is 0 Å². The lowest BCUT2D eigenvalue weighted by molar-refractivity contribution is -0.123. The molecule has 30 heavy (non-hydrogen) atoms. The second kappa shape index (κ2) is 10.1. The van der Waals surface area contributed by atoms with Crippen LogP contribution in [-0.2, 0) is 14.3 Å². The number of hydrogen-bond acceptors (Lipinski definition) is 7. The lowest BCUT2D eigenvalue weighted by Gasteiger charge is -2.16. The SMILES string of the molecule is COc1cc(C(=O)O[C@H](C)C(=O)Nc2ccc(NC(C)=O)cc2)cc(OC)c1OC. The van der Waals surface area contributed by atoms with Crippen LogP contribution in [0.5, 0.6) is 17.2 Å². The van der Waals surface area contributed by atoms with E-state index >= 15 is 0 Å². The molecule has 0 radical (unpaired) electrons. The second-order valence-electron chi connectivity index (χ2n) is 6.21. The molecule has 9 nitrogen and oxygen atoms in total. The first-order valence-electron chi connectivity index (χ1n) is 8.98. The Morgan fingerprint density at radius 2 is 1.33 bits per heavy atom. The third-order valence-corrected chi connectivity index (χ3v) is 4.03. The molecule has 2 aromatic carbocycles. The minimum atomic E-state index is -1.06. The molecule has 2 rings (SSSR count). The van der Waals surface area contributed by atoms with Crippen molar-refractivity contribution in [2.75, 3.05) is 32.0 Å². The Bertz CT molecular complexity index is 900. The van der Waals surface area contributed by atoms with E-state index in [0.717, 1.165) is 0 Å². The van der Waals surface area contributed by atoms with Crippen molar-refractivity contribution < 1.29 is 33.3 Å². The summed E-state index contributed by atoms with van der Waals surface area (Å²) >= 11 is 0. The molecule has 0 saturated carbocycles. The van der Waals surface area contributed by atoms with E-state index in [9.17, 15) is 14.4 Å². The van der Waals surface area contributed by atoms with E-state index in [-0.39, 0.29) is 11.5 Å². The lowest BCUT2D eigenvalue weighted by atomic mass is 10.2. The third kappa shape index (κ3) is 5.63. The number of methoxy groups -OCH3 is 3. The van der Waals surface area contributed by atoms with Crippen molar-refractivity contribution in [2.24, 2.45) is 0 Å². The number of esters is 1. The summed E-state index contributed by atoms with van der Waals surface area (Å²) in [4.78, 5) is 35.9.